The highest BCUT2D eigenvalue weighted by atomic mass is 32.2. The van der Waals surface area contributed by atoms with Crippen LogP contribution in [0.15, 0.2) is 29.2 Å². The maximum atomic E-state index is 13.1. The van der Waals surface area contributed by atoms with Crippen LogP contribution in [0.5, 0.6) is 0 Å². The van der Waals surface area contributed by atoms with Crippen LogP contribution in [0.3, 0.4) is 0 Å². The second kappa shape index (κ2) is 6.93. The fraction of sp³-hybridized carbons (Fsp3) is 0.647. The van der Waals surface area contributed by atoms with Gasteiger partial charge in [0.1, 0.15) is 0 Å². The number of nitrogens with one attached hydrogen (secondary N) is 1. The third-order valence-electron chi connectivity index (χ3n) is 4.74. The summed E-state index contributed by atoms with van der Waals surface area (Å²) in [7, 11) is -3.27. The van der Waals surface area contributed by atoms with E-state index in [1.807, 2.05) is 32.0 Å². The van der Waals surface area contributed by atoms with Crippen molar-refractivity contribution in [3.8, 4) is 0 Å². The van der Waals surface area contributed by atoms with Gasteiger partial charge in [-0.3, -0.25) is 0 Å². The number of rotatable bonds is 5. The van der Waals surface area contributed by atoms with Crippen molar-refractivity contribution in [2.45, 2.75) is 62.6 Å². The average molecular weight is 309 g/mol. The van der Waals surface area contributed by atoms with E-state index in [1.54, 1.807) is 6.07 Å². The predicted octanol–water partition coefficient (Wildman–Crippen LogP) is 3.33. The lowest BCUT2D eigenvalue weighted by molar-refractivity contribution is 0.290. The second-order valence-corrected chi connectivity index (χ2v) is 8.24. The van der Waals surface area contributed by atoms with Gasteiger partial charge in [-0.15, -0.1) is 0 Å². The predicted molar refractivity (Wildman–Crippen MR) is 87.2 cm³/mol. The Hall–Kier alpha value is -0.870. The highest BCUT2D eigenvalue weighted by Gasteiger charge is 2.39. The van der Waals surface area contributed by atoms with Crippen molar-refractivity contribution >= 4 is 9.84 Å². The number of hydrogen-bond acceptors (Lipinski definition) is 3. The minimum atomic E-state index is -3.27. The number of hydrogen-bond donors (Lipinski definition) is 1. The third kappa shape index (κ3) is 3.49. The molecule has 1 aromatic rings. The van der Waals surface area contributed by atoms with Crippen LogP contribution in [-0.4, -0.2) is 26.3 Å². The van der Waals surface area contributed by atoms with Gasteiger partial charge < -0.3 is 5.32 Å². The first-order valence-corrected chi connectivity index (χ1v) is 9.58. The SMILES string of the molecule is CCNC1CCC(CC)CC1S(=O)(=O)c1ccccc1C. The van der Waals surface area contributed by atoms with Crippen LogP contribution in [-0.2, 0) is 9.84 Å². The fourth-order valence-electron chi connectivity index (χ4n) is 3.46. The molecule has 3 unspecified atom stereocenters. The van der Waals surface area contributed by atoms with E-state index >= 15 is 0 Å². The highest BCUT2D eigenvalue weighted by molar-refractivity contribution is 7.92. The minimum absolute atomic E-state index is 0.0856. The Morgan fingerprint density at radius 3 is 2.52 bits per heavy atom. The van der Waals surface area contributed by atoms with E-state index in [1.165, 1.54) is 0 Å². The Morgan fingerprint density at radius 1 is 1.19 bits per heavy atom. The van der Waals surface area contributed by atoms with Crippen molar-refractivity contribution in [1.82, 2.24) is 5.32 Å². The van der Waals surface area contributed by atoms with E-state index in [0.717, 1.165) is 37.8 Å². The highest BCUT2D eigenvalue weighted by Crippen LogP contribution is 2.34. The van der Waals surface area contributed by atoms with E-state index in [9.17, 15) is 8.42 Å². The smallest absolute Gasteiger partial charge is 0.183 e. The summed E-state index contributed by atoms with van der Waals surface area (Å²) >= 11 is 0. The van der Waals surface area contributed by atoms with Crippen molar-refractivity contribution in [3.05, 3.63) is 29.8 Å². The Balaban J connectivity index is 2.36. The Kier molecular flexibility index (Phi) is 5.44. The van der Waals surface area contributed by atoms with E-state index in [0.29, 0.717) is 10.8 Å². The molecule has 1 N–H and O–H groups in total. The molecule has 1 fully saturated rings. The van der Waals surface area contributed by atoms with Gasteiger partial charge in [0.05, 0.1) is 10.1 Å². The van der Waals surface area contributed by atoms with E-state index < -0.39 is 9.84 Å². The van der Waals surface area contributed by atoms with Gasteiger partial charge in [-0.2, -0.15) is 0 Å². The zero-order valence-corrected chi connectivity index (χ0v) is 14.1. The first kappa shape index (κ1) is 16.5. The molecule has 0 bridgehead atoms. The van der Waals surface area contributed by atoms with Gasteiger partial charge in [-0.05, 0) is 50.3 Å². The van der Waals surface area contributed by atoms with Gasteiger partial charge in [-0.1, -0.05) is 38.5 Å². The molecule has 0 spiro atoms. The van der Waals surface area contributed by atoms with Gasteiger partial charge in [0, 0.05) is 6.04 Å². The largest absolute Gasteiger partial charge is 0.313 e. The summed E-state index contributed by atoms with van der Waals surface area (Å²) in [5.74, 6) is 0.531. The molecule has 1 aromatic carbocycles. The molecule has 0 amide bonds. The van der Waals surface area contributed by atoms with Crippen molar-refractivity contribution < 1.29 is 8.42 Å². The van der Waals surface area contributed by atoms with Gasteiger partial charge in [0.25, 0.3) is 0 Å². The van der Waals surface area contributed by atoms with Gasteiger partial charge >= 0.3 is 0 Å². The van der Waals surface area contributed by atoms with Crippen molar-refractivity contribution in [2.24, 2.45) is 5.92 Å². The summed E-state index contributed by atoms with van der Waals surface area (Å²) in [5, 5.41) is 3.10. The van der Waals surface area contributed by atoms with Crippen LogP contribution in [0.25, 0.3) is 0 Å². The number of benzene rings is 1. The molecule has 21 heavy (non-hydrogen) atoms. The lowest BCUT2D eigenvalue weighted by Gasteiger charge is -2.36. The summed E-state index contributed by atoms with van der Waals surface area (Å²) in [5.41, 5.74) is 0.853. The molecule has 1 aliphatic carbocycles. The van der Waals surface area contributed by atoms with Crippen LogP contribution >= 0.6 is 0 Å². The summed E-state index contributed by atoms with van der Waals surface area (Å²) in [6, 6.07) is 7.44. The molecule has 0 aliphatic heterocycles. The van der Waals surface area contributed by atoms with Crippen molar-refractivity contribution in [1.29, 1.82) is 0 Å². The van der Waals surface area contributed by atoms with Crippen molar-refractivity contribution in [2.75, 3.05) is 6.54 Å². The number of aryl methyl sites for hydroxylation is 1. The average Bonchev–Trinajstić information content (AvgIpc) is 2.48. The van der Waals surface area contributed by atoms with Crippen LogP contribution in [0.2, 0.25) is 0 Å². The summed E-state index contributed by atoms with van der Waals surface area (Å²) in [4.78, 5) is 0.509. The summed E-state index contributed by atoms with van der Waals surface area (Å²) in [6.45, 7) is 6.91. The molecular formula is C17H27NO2S. The topological polar surface area (TPSA) is 46.2 Å². The first-order valence-electron chi connectivity index (χ1n) is 8.03. The van der Waals surface area contributed by atoms with Crippen LogP contribution in [0.1, 0.15) is 45.1 Å². The quantitative estimate of drug-likeness (QED) is 0.907. The molecule has 1 aliphatic rings. The molecular weight excluding hydrogens is 282 g/mol. The standard InChI is InChI=1S/C17H27NO2S/c1-4-14-10-11-15(18-5-2)17(12-14)21(19,20)16-9-7-6-8-13(16)3/h6-9,14-15,17-18H,4-5,10-12H2,1-3H3. The molecule has 0 saturated heterocycles. The molecule has 3 atom stereocenters. The molecule has 0 aromatic heterocycles. The van der Waals surface area contributed by atoms with Crippen LogP contribution in [0.4, 0.5) is 0 Å². The third-order valence-corrected chi connectivity index (χ3v) is 7.13. The van der Waals surface area contributed by atoms with Crippen LogP contribution < -0.4 is 5.32 Å². The van der Waals surface area contributed by atoms with Gasteiger partial charge in [0.15, 0.2) is 9.84 Å². The fourth-order valence-corrected chi connectivity index (χ4v) is 5.76. The normalized spacial score (nSPS) is 26.7. The maximum Gasteiger partial charge on any atom is 0.183 e. The number of sulfone groups is 1. The lowest BCUT2D eigenvalue weighted by atomic mass is 9.84. The lowest BCUT2D eigenvalue weighted by Crippen LogP contribution is -2.48. The molecule has 0 radical (unpaired) electrons. The van der Waals surface area contributed by atoms with Gasteiger partial charge in [-0.25, -0.2) is 8.42 Å². The van der Waals surface area contributed by atoms with Crippen LogP contribution in [0, 0.1) is 12.8 Å². The monoisotopic (exact) mass is 309 g/mol. The zero-order valence-electron chi connectivity index (χ0n) is 13.3. The summed E-state index contributed by atoms with van der Waals surface area (Å²) < 4.78 is 26.2. The van der Waals surface area contributed by atoms with E-state index in [2.05, 4.69) is 12.2 Å². The Bertz CT molecular complexity index is 568. The second-order valence-electron chi connectivity index (χ2n) is 6.10. The minimum Gasteiger partial charge on any atom is -0.313 e. The molecule has 0 heterocycles. The Labute approximate surface area is 129 Å². The first-order chi connectivity index (χ1) is 10.0. The molecule has 3 nitrogen and oxygen atoms in total. The zero-order chi connectivity index (χ0) is 15.5. The molecule has 118 valence electrons. The molecule has 2 rings (SSSR count). The maximum absolute atomic E-state index is 13.1. The van der Waals surface area contributed by atoms with Crippen molar-refractivity contribution in [3.63, 3.8) is 0 Å². The van der Waals surface area contributed by atoms with E-state index in [-0.39, 0.29) is 11.3 Å². The molecule has 4 heteroatoms. The summed E-state index contributed by atoms with van der Waals surface area (Å²) in [6.07, 6.45) is 3.94. The van der Waals surface area contributed by atoms with Gasteiger partial charge in [0.2, 0.25) is 0 Å². The Morgan fingerprint density at radius 2 is 1.90 bits per heavy atom. The molecule has 1 saturated carbocycles. The van der Waals surface area contributed by atoms with E-state index in [4.69, 9.17) is 0 Å².